The molecule has 2 aliphatic heterocycles. The van der Waals surface area contributed by atoms with Crippen LogP contribution in [0.5, 0.6) is 11.5 Å². The number of benzene rings is 2. The summed E-state index contributed by atoms with van der Waals surface area (Å²) in [7, 11) is 0. The lowest BCUT2D eigenvalue weighted by atomic mass is 10.0. The first kappa shape index (κ1) is 34.9. The van der Waals surface area contributed by atoms with Crippen LogP contribution in [0.2, 0.25) is 0 Å². The van der Waals surface area contributed by atoms with E-state index in [0.29, 0.717) is 12.1 Å². The van der Waals surface area contributed by atoms with E-state index in [-0.39, 0.29) is 33.8 Å². The number of nitrogens with two attached hydrogens (primary N) is 1. The number of allylic oxidation sites excluding steroid dienone is 1. The molecule has 4 aromatic rings. The monoisotopic (exact) mass is 730 g/mol. The Balaban J connectivity index is 1.14. The van der Waals surface area contributed by atoms with E-state index in [1.165, 1.54) is 43.1 Å². The van der Waals surface area contributed by atoms with Gasteiger partial charge in [0.05, 0.1) is 11.7 Å². The van der Waals surface area contributed by atoms with Gasteiger partial charge in [-0.05, 0) is 42.5 Å². The Bertz CT molecular complexity index is 2180. The third-order valence-electron chi connectivity index (χ3n) is 8.09. The molecule has 51 heavy (non-hydrogen) atoms. The number of fused-ring (bicyclic) bond motifs is 2. The molecule has 2 amide bonds. The van der Waals surface area contributed by atoms with E-state index in [0.717, 1.165) is 38.1 Å². The van der Waals surface area contributed by atoms with Crippen molar-refractivity contribution in [3.05, 3.63) is 94.4 Å². The minimum atomic E-state index is -1.79. The van der Waals surface area contributed by atoms with Crippen molar-refractivity contribution >= 4 is 74.5 Å². The largest absolute Gasteiger partial charge is 0.543 e. The fourth-order valence-electron chi connectivity index (χ4n) is 5.27. The number of nitrogens with zero attached hydrogens (tertiary/aromatic N) is 4. The van der Waals surface area contributed by atoms with E-state index in [9.17, 15) is 39.6 Å². The van der Waals surface area contributed by atoms with Gasteiger partial charge in [0, 0.05) is 28.1 Å². The predicted molar refractivity (Wildman–Crippen MR) is 185 cm³/mol. The van der Waals surface area contributed by atoms with Gasteiger partial charge in [0.2, 0.25) is 5.60 Å². The molecule has 15 nitrogen and oxygen atoms in total. The Hall–Kier alpha value is -5.94. The first-order valence-corrected chi connectivity index (χ1v) is 17.2. The number of aromatic nitrogens is 2. The number of hydrogen-bond acceptors (Lipinski definition) is 13. The van der Waals surface area contributed by atoms with Crippen molar-refractivity contribution in [2.24, 2.45) is 5.16 Å². The molecule has 2 aliphatic rings. The summed E-state index contributed by atoms with van der Waals surface area (Å²) in [6.07, 6.45) is 7.06. The molecule has 0 aliphatic carbocycles. The number of nitrogen functional groups attached to an aromatic ring is 1. The molecule has 0 bridgehead atoms. The third-order valence-corrected chi connectivity index (χ3v) is 10.1. The summed E-state index contributed by atoms with van der Waals surface area (Å²) < 4.78 is 1.94. The maximum Gasteiger partial charge on any atom is 0.350 e. The molecule has 6 N–H and O–H groups in total. The van der Waals surface area contributed by atoms with Crippen LogP contribution in [-0.4, -0.2) is 77.4 Å². The highest BCUT2D eigenvalue weighted by Gasteiger charge is 2.53. The van der Waals surface area contributed by atoms with Gasteiger partial charge in [0.25, 0.3) is 11.8 Å². The molecule has 4 heterocycles. The molecule has 6 rings (SSSR count). The van der Waals surface area contributed by atoms with Crippen LogP contribution in [0.1, 0.15) is 30.7 Å². The Kier molecular flexibility index (Phi) is 9.42. The van der Waals surface area contributed by atoms with Crippen molar-refractivity contribution < 1.29 is 49.0 Å². The van der Waals surface area contributed by atoms with Crippen molar-refractivity contribution in [1.29, 1.82) is 0 Å². The van der Waals surface area contributed by atoms with E-state index in [1.54, 1.807) is 12.2 Å². The number of oxime groups is 1. The number of anilines is 1. The smallest absolute Gasteiger partial charge is 0.350 e. The zero-order chi connectivity index (χ0) is 36.6. The number of carbonyl (C=O) groups is 4. The van der Waals surface area contributed by atoms with Crippen LogP contribution >= 0.6 is 23.1 Å². The van der Waals surface area contributed by atoms with Gasteiger partial charge in [-0.25, -0.2) is 14.3 Å². The predicted octanol–water partition coefficient (Wildman–Crippen LogP) is 1.33. The number of pyridine rings is 1. The Morgan fingerprint density at radius 2 is 1.86 bits per heavy atom. The summed E-state index contributed by atoms with van der Waals surface area (Å²) in [5.41, 5.74) is 5.32. The Morgan fingerprint density at radius 3 is 2.51 bits per heavy atom. The van der Waals surface area contributed by atoms with Crippen molar-refractivity contribution in [3.63, 3.8) is 0 Å². The number of phenols is 2. The molecule has 262 valence electrons. The summed E-state index contributed by atoms with van der Waals surface area (Å²) in [5, 5.41) is 49.8. The number of thiazole rings is 1. The fraction of sp³-hybridized carbons (Fsp3) is 0.206. The number of thioether (sulfide) groups is 1. The number of nitrogens with one attached hydrogen (secondary N) is 1. The average Bonchev–Trinajstić information content (AvgIpc) is 3.52. The minimum absolute atomic E-state index is 0.00220. The highest BCUT2D eigenvalue weighted by molar-refractivity contribution is 8.00. The number of rotatable bonds is 11. The topological polar surface area (TPSA) is 232 Å². The number of carboxylic acid groups (broad SMARTS) is 2. The van der Waals surface area contributed by atoms with Gasteiger partial charge in [-0.15, -0.1) is 23.1 Å². The Labute approximate surface area is 298 Å². The minimum Gasteiger partial charge on any atom is -0.543 e. The van der Waals surface area contributed by atoms with Crippen LogP contribution in [0.25, 0.3) is 16.8 Å². The molecular formula is C34H30N6O9S2. The second-order valence-electron chi connectivity index (χ2n) is 12.1. The van der Waals surface area contributed by atoms with Crippen molar-refractivity contribution in [2.45, 2.75) is 37.4 Å². The molecular weight excluding hydrogens is 701 g/mol. The van der Waals surface area contributed by atoms with Crippen LogP contribution in [0, 0.1) is 0 Å². The van der Waals surface area contributed by atoms with Crippen molar-refractivity contribution in [3.8, 4) is 11.5 Å². The number of hydrogen-bond donors (Lipinski definition) is 5. The second-order valence-corrected chi connectivity index (χ2v) is 14.1. The highest BCUT2D eigenvalue weighted by Crippen LogP contribution is 2.40. The average molecular weight is 731 g/mol. The zero-order valence-electron chi connectivity index (χ0n) is 27.0. The van der Waals surface area contributed by atoms with E-state index >= 15 is 0 Å². The van der Waals surface area contributed by atoms with Gasteiger partial charge in [0.15, 0.2) is 41.3 Å². The first-order valence-electron chi connectivity index (χ1n) is 15.2. The van der Waals surface area contributed by atoms with Crippen LogP contribution in [0.15, 0.2) is 82.7 Å². The van der Waals surface area contributed by atoms with Gasteiger partial charge >= 0.3 is 5.97 Å². The molecule has 2 atom stereocenters. The van der Waals surface area contributed by atoms with Gasteiger partial charge in [0.1, 0.15) is 17.1 Å². The van der Waals surface area contributed by atoms with Crippen molar-refractivity contribution in [1.82, 2.24) is 15.2 Å². The molecule has 2 aromatic carbocycles. The number of aliphatic carboxylic acids is 2. The van der Waals surface area contributed by atoms with E-state index in [2.05, 4.69) is 15.5 Å². The molecule has 0 unspecified atom stereocenters. The van der Waals surface area contributed by atoms with Gasteiger partial charge in [-0.2, -0.15) is 0 Å². The number of β-lactam (4-membered cyclic amide) rings is 1. The highest BCUT2D eigenvalue weighted by atomic mass is 32.2. The quantitative estimate of drug-likeness (QED) is 0.0484. The molecule has 1 fully saturated rings. The van der Waals surface area contributed by atoms with Crippen LogP contribution < -0.4 is 20.7 Å². The lowest BCUT2D eigenvalue weighted by Gasteiger charge is -2.50. The number of aromatic hydroxyl groups is 2. The summed E-state index contributed by atoms with van der Waals surface area (Å²) in [5.74, 6) is -4.65. The molecule has 1 saturated heterocycles. The molecule has 0 radical (unpaired) electrons. The van der Waals surface area contributed by atoms with Crippen LogP contribution in [-0.2, 0) is 30.6 Å². The Morgan fingerprint density at radius 1 is 1.16 bits per heavy atom. The van der Waals surface area contributed by atoms with Crippen LogP contribution in [0.4, 0.5) is 5.13 Å². The molecule has 17 heteroatoms. The zero-order valence-corrected chi connectivity index (χ0v) is 28.6. The summed E-state index contributed by atoms with van der Waals surface area (Å²) in [4.78, 5) is 60.5. The maximum atomic E-state index is 13.3. The SMILES string of the molecule is CC(C)(O/N=C(\C(=O)N[C@@H]1C(=O)N2C(C(=O)[O-])=C(/C=C\c3ccc(C[n+]4ccc5cc(O)c(O)cc5c4)cc3)CS[C@H]12)c1csc(N)n1)C(=O)O. The first-order chi connectivity index (χ1) is 24.2. The normalized spacial score (nSPS) is 17.7. The number of amides is 2. The van der Waals surface area contributed by atoms with E-state index in [1.807, 2.05) is 47.3 Å². The van der Waals surface area contributed by atoms with Gasteiger partial charge < -0.3 is 41.1 Å². The summed E-state index contributed by atoms with van der Waals surface area (Å²) in [6.45, 7) is 3.01. The third kappa shape index (κ3) is 7.20. The summed E-state index contributed by atoms with van der Waals surface area (Å²) in [6, 6.07) is 11.3. The molecule has 2 aromatic heterocycles. The number of phenolic OH excluding ortho intramolecular Hbond substituents is 2. The van der Waals surface area contributed by atoms with E-state index in [4.69, 9.17) is 10.6 Å². The van der Waals surface area contributed by atoms with Crippen molar-refractivity contribution in [2.75, 3.05) is 11.5 Å². The number of carbonyl (C=O) groups excluding carboxylic acids is 3. The molecule has 0 spiro atoms. The second kappa shape index (κ2) is 13.8. The molecule has 0 saturated carbocycles. The standard InChI is InChI=1S/C34H30N6O9S2/c1-34(2,32(47)48)49-38-25(22-16-51-33(35)36-22)28(43)37-26-29(44)40-27(31(45)46)20(15-50-30(26)40)8-7-17-3-5-18(6-4-17)13-39-10-9-19-11-23(41)24(42)12-21(19)14-39/h3-12,14,16,26,30H,13,15H2,1-2H3,(H6,35,36,37,42,43,45,46,47,48)/b8-7-,38-25-/t26-,30-/m1/s1. The van der Waals surface area contributed by atoms with Crippen LogP contribution in [0.3, 0.4) is 0 Å². The van der Waals surface area contributed by atoms with E-state index < -0.39 is 46.5 Å². The summed E-state index contributed by atoms with van der Waals surface area (Å²) >= 11 is 2.26. The maximum absolute atomic E-state index is 13.3. The number of carboxylic acids is 2. The lowest BCUT2D eigenvalue weighted by molar-refractivity contribution is -0.687. The lowest BCUT2D eigenvalue weighted by Crippen LogP contribution is -2.71. The van der Waals surface area contributed by atoms with Gasteiger partial charge in [-0.3, -0.25) is 14.5 Å². The van der Waals surface area contributed by atoms with Gasteiger partial charge in [-0.1, -0.05) is 41.6 Å². The fourth-order valence-corrected chi connectivity index (χ4v) is 7.14.